The van der Waals surface area contributed by atoms with Gasteiger partial charge in [0.05, 0.1) is 56.2 Å². The molecule has 11 atom stereocenters. The average Bonchev–Trinajstić information content (AvgIpc) is 3.55. The first kappa shape index (κ1) is 23.8. The number of rotatable bonds is 8. The fourth-order valence-electron chi connectivity index (χ4n) is 4.84. The van der Waals surface area contributed by atoms with Crippen LogP contribution in [0.4, 0.5) is 0 Å². The Morgan fingerprint density at radius 1 is 1.28 bits per heavy atom. The average molecular weight is 460 g/mol. The predicted octanol–water partition coefficient (Wildman–Crippen LogP) is -1.60. The highest BCUT2D eigenvalue weighted by molar-refractivity contribution is 5.72. The van der Waals surface area contributed by atoms with Crippen LogP contribution in [0.1, 0.15) is 26.7 Å². The molecule has 5 N–H and O–H groups in total. The summed E-state index contributed by atoms with van der Waals surface area (Å²) in [6.07, 6.45) is -4.35. The second-order valence-corrected chi connectivity index (χ2v) is 9.08. The van der Waals surface area contributed by atoms with Crippen molar-refractivity contribution in [2.75, 3.05) is 19.8 Å². The first-order chi connectivity index (χ1) is 15.2. The Morgan fingerprint density at radius 2 is 2.03 bits per heavy atom. The lowest BCUT2D eigenvalue weighted by atomic mass is 9.79. The Bertz CT molecular complexity index is 729. The third kappa shape index (κ3) is 4.05. The van der Waals surface area contributed by atoms with E-state index in [4.69, 9.17) is 23.7 Å². The van der Waals surface area contributed by atoms with Crippen LogP contribution in [0.2, 0.25) is 0 Å². The highest BCUT2D eigenvalue weighted by atomic mass is 16.7. The second-order valence-electron chi connectivity index (χ2n) is 9.08. The van der Waals surface area contributed by atoms with Crippen molar-refractivity contribution in [2.45, 2.75) is 75.4 Å². The number of esters is 1. The van der Waals surface area contributed by atoms with Gasteiger partial charge >= 0.3 is 5.97 Å². The Hall–Kier alpha value is -1.31. The molecule has 0 radical (unpaired) electrons. The lowest BCUT2D eigenvalue weighted by Crippen LogP contribution is -2.54. The highest BCUT2D eigenvalue weighted by Crippen LogP contribution is 2.58. The number of aliphatic hydroxyl groups excluding tert-OH is 4. The molecule has 3 fully saturated rings. The summed E-state index contributed by atoms with van der Waals surface area (Å²) < 4.78 is 28.0. The summed E-state index contributed by atoms with van der Waals surface area (Å²) in [5.41, 5.74) is -1.09. The molecular weight excluding hydrogens is 428 g/mol. The van der Waals surface area contributed by atoms with Crippen LogP contribution in [0, 0.1) is 17.8 Å². The number of fused-ring (bicyclic) bond motifs is 3. The van der Waals surface area contributed by atoms with Crippen molar-refractivity contribution in [3.05, 3.63) is 11.8 Å². The normalized spacial score (nSPS) is 45.8. The number of hydrogen-bond acceptors (Lipinski definition) is 11. The monoisotopic (exact) mass is 460 g/mol. The molecule has 3 heterocycles. The van der Waals surface area contributed by atoms with Crippen LogP contribution in [-0.4, -0.2) is 100 Å². The minimum Gasteiger partial charge on any atom is -0.462 e. The maximum Gasteiger partial charge on any atom is 0.311 e. The molecular formula is C21H32O11. The van der Waals surface area contributed by atoms with Crippen molar-refractivity contribution >= 4 is 5.97 Å². The van der Waals surface area contributed by atoms with E-state index in [0.29, 0.717) is 12.0 Å². The van der Waals surface area contributed by atoms with Gasteiger partial charge in [0.2, 0.25) is 6.29 Å². The maximum absolute atomic E-state index is 12.4. The van der Waals surface area contributed by atoms with Gasteiger partial charge in [-0.1, -0.05) is 13.8 Å². The standard InChI is InChI=1S/C21H32O11/c1-3-9(2)18(26)32-19-14-13(16-17(31-16)21(14,27)8-23)10(6-28-19)7-29-20-15(25)12(24)4-11(5-22)30-20/h6,9,11-17,19-20,22-25,27H,3-5,7-8H2,1-2H3. The van der Waals surface area contributed by atoms with E-state index in [0.717, 1.165) is 0 Å². The summed E-state index contributed by atoms with van der Waals surface area (Å²) >= 11 is 0. The molecule has 4 rings (SSSR count). The van der Waals surface area contributed by atoms with Crippen LogP contribution in [0.3, 0.4) is 0 Å². The molecule has 0 spiro atoms. The van der Waals surface area contributed by atoms with Gasteiger partial charge in [0, 0.05) is 12.3 Å². The van der Waals surface area contributed by atoms with E-state index in [2.05, 4.69) is 0 Å². The Labute approximate surface area is 185 Å². The van der Waals surface area contributed by atoms with Gasteiger partial charge in [-0.05, 0) is 12.0 Å². The minimum absolute atomic E-state index is 0.0817. The summed E-state index contributed by atoms with van der Waals surface area (Å²) in [6.45, 7) is 2.57. The second kappa shape index (κ2) is 9.15. The van der Waals surface area contributed by atoms with Gasteiger partial charge in [-0.3, -0.25) is 4.79 Å². The molecule has 0 aromatic rings. The van der Waals surface area contributed by atoms with Gasteiger partial charge in [0.1, 0.15) is 17.8 Å². The van der Waals surface area contributed by atoms with Crippen LogP contribution < -0.4 is 0 Å². The number of epoxide rings is 1. The van der Waals surface area contributed by atoms with E-state index in [1.165, 1.54) is 6.26 Å². The first-order valence-electron chi connectivity index (χ1n) is 11.0. The molecule has 32 heavy (non-hydrogen) atoms. The van der Waals surface area contributed by atoms with Gasteiger partial charge in [-0.15, -0.1) is 0 Å². The van der Waals surface area contributed by atoms with Gasteiger partial charge in [0.15, 0.2) is 6.29 Å². The minimum atomic E-state index is -1.66. The third-order valence-corrected chi connectivity index (χ3v) is 7.03. The number of ether oxygens (including phenoxy) is 5. The lowest BCUT2D eigenvalue weighted by Gasteiger charge is -2.42. The smallest absolute Gasteiger partial charge is 0.311 e. The molecule has 182 valence electrons. The first-order valence-corrected chi connectivity index (χ1v) is 11.0. The summed E-state index contributed by atoms with van der Waals surface area (Å²) in [6, 6.07) is 0. The molecule has 4 aliphatic rings. The molecule has 11 nitrogen and oxygen atoms in total. The Kier molecular flexibility index (Phi) is 6.81. The van der Waals surface area contributed by atoms with E-state index >= 15 is 0 Å². The lowest BCUT2D eigenvalue weighted by molar-refractivity contribution is -0.270. The van der Waals surface area contributed by atoms with Crippen LogP contribution in [0.15, 0.2) is 11.8 Å². The van der Waals surface area contributed by atoms with Crippen molar-refractivity contribution in [1.29, 1.82) is 0 Å². The summed E-state index contributed by atoms with van der Waals surface area (Å²) in [5, 5.41) is 50.5. The largest absolute Gasteiger partial charge is 0.462 e. The number of carbonyl (C=O) groups excluding carboxylic acids is 1. The van der Waals surface area contributed by atoms with Gasteiger partial charge in [0.25, 0.3) is 0 Å². The quantitative estimate of drug-likeness (QED) is 0.209. The van der Waals surface area contributed by atoms with Crippen molar-refractivity contribution in [3.8, 4) is 0 Å². The molecule has 2 saturated heterocycles. The van der Waals surface area contributed by atoms with E-state index < -0.39 is 73.1 Å². The van der Waals surface area contributed by atoms with Gasteiger partial charge in [-0.25, -0.2) is 0 Å². The van der Waals surface area contributed by atoms with E-state index in [1.807, 2.05) is 6.92 Å². The zero-order valence-corrected chi connectivity index (χ0v) is 18.1. The summed E-state index contributed by atoms with van der Waals surface area (Å²) in [7, 11) is 0. The molecule has 0 aromatic heterocycles. The van der Waals surface area contributed by atoms with Gasteiger partial charge < -0.3 is 49.2 Å². The Balaban J connectivity index is 1.50. The van der Waals surface area contributed by atoms with Crippen molar-refractivity contribution in [3.63, 3.8) is 0 Å². The molecule has 1 aliphatic carbocycles. The summed E-state index contributed by atoms with van der Waals surface area (Å²) in [5.74, 6) is -2.05. The number of hydrogen-bond donors (Lipinski definition) is 5. The van der Waals surface area contributed by atoms with Crippen LogP contribution in [-0.2, 0) is 28.5 Å². The number of carbonyl (C=O) groups is 1. The maximum atomic E-state index is 12.4. The van der Waals surface area contributed by atoms with Crippen LogP contribution >= 0.6 is 0 Å². The molecule has 11 heteroatoms. The van der Waals surface area contributed by atoms with E-state index in [9.17, 15) is 30.3 Å². The van der Waals surface area contributed by atoms with Gasteiger partial charge in [-0.2, -0.15) is 0 Å². The fourth-order valence-corrected chi connectivity index (χ4v) is 4.84. The fraction of sp³-hybridized carbons (Fsp3) is 0.857. The van der Waals surface area contributed by atoms with Crippen molar-refractivity contribution in [1.82, 2.24) is 0 Å². The number of aliphatic hydroxyl groups is 5. The predicted molar refractivity (Wildman–Crippen MR) is 105 cm³/mol. The molecule has 0 bridgehead atoms. The van der Waals surface area contributed by atoms with E-state index in [1.54, 1.807) is 6.92 Å². The molecule has 11 unspecified atom stereocenters. The topological polar surface area (TPSA) is 168 Å². The molecule has 1 saturated carbocycles. The van der Waals surface area contributed by atoms with Crippen molar-refractivity contribution < 1.29 is 54.0 Å². The van der Waals surface area contributed by atoms with Crippen molar-refractivity contribution in [2.24, 2.45) is 17.8 Å². The van der Waals surface area contributed by atoms with E-state index in [-0.39, 0.29) is 25.6 Å². The SMILES string of the molecule is CCC(C)C(=O)OC1OC=C(COC2OC(CO)CC(O)C2O)C2C3OC3C(O)(CO)C12. The molecule has 3 aliphatic heterocycles. The molecule has 0 amide bonds. The zero-order valence-electron chi connectivity index (χ0n) is 18.1. The highest BCUT2D eigenvalue weighted by Gasteiger charge is 2.74. The zero-order chi connectivity index (χ0) is 23.2. The Morgan fingerprint density at radius 3 is 2.69 bits per heavy atom. The summed E-state index contributed by atoms with van der Waals surface area (Å²) in [4.78, 5) is 12.4. The third-order valence-electron chi connectivity index (χ3n) is 7.03. The van der Waals surface area contributed by atoms with Crippen LogP contribution in [0.25, 0.3) is 0 Å². The molecule has 0 aromatic carbocycles. The van der Waals surface area contributed by atoms with Crippen LogP contribution in [0.5, 0.6) is 0 Å².